The number of aromatic nitrogens is 3. The number of carbonyl (C=O) groups is 1. The average molecular weight is 423 g/mol. The summed E-state index contributed by atoms with van der Waals surface area (Å²) in [4.78, 5) is 28.7. The quantitative estimate of drug-likeness (QED) is 0.605. The lowest BCUT2D eigenvalue weighted by molar-refractivity contribution is 0.122. The first-order valence-corrected chi connectivity index (χ1v) is 10.8. The van der Waals surface area contributed by atoms with Crippen molar-refractivity contribution in [2.45, 2.75) is 4.90 Å². The molecule has 8 nitrogen and oxygen atoms in total. The number of pyridine rings is 1. The smallest absolute Gasteiger partial charge is 0.323 e. The largest absolute Gasteiger partial charge is 0.378 e. The van der Waals surface area contributed by atoms with Gasteiger partial charge in [0.05, 0.1) is 18.1 Å². The molecule has 1 aliphatic rings. The van der Waals surface area contributed by atoms with Crippen LogP contribution in [0.5, 0.6) is 0 Å². The van der Waals surface area contributed by atoms with Gasteiger partial charge in [-0.25, -0.2) is 14.8 Å². The van der Waals surface area contributed by atoms with Gasteiger partial charge in [-0.05, 0) is 42.7 Å². The summed E-state index contributed by atoms with van der Waals surface area (Å²) in [5, 5.41) is 5.57. The Balaban J connectivity index is 1.47. The zero-order valence-electron chi connectivity index (χ0n) is 16.5. The number of carbonyl (C=O) groups excluding carboxylic acids is 1. The molecule has 0 radical (unpaired) electrons. The van der Waals surface area contributed by atoms with E-state index in [1.165, 1.54) is 0 Å². The first kappa shape index (κ1) is 20.1. The van der Waals surface area contributed by atoms with E-state index in [0.29, 0.717) is 30.4 Å². The Kier molecular flexibility index (Phi) is 6.41. The number of anilines is 3. The van der Waals surface area contributed by atoms with Crippen LogP contribution in [0.25, 0.3) is 11.4 Å². The van der Waals surface area contributed by atoms with Crippen molar-refractivity contribution in [1.29, 1.82) is 0 Å². The molecule has 3 aromatic rings. The van der Waals surface area contributed by atoms with E-state index >= 15 is 0 Å². The molecule has 1 fully saturated rings. The van der Waals surface area contributed by atoms with Gasteiger partial charge < -0.3 is 20.3 Å². The highest BCUT2D eigenvalue weighted by molar-refractivity contribution is 7.98. The monoisotopic (exact) mass is 422 g/mol. The van der Waals surface area contributed by atoms with Crippen molar-refractivity contribution in [3.8, 4) is 11.4 Å². The SMILES string of the molecule is CSc1cnc(-c2ccc(NC(=O)Nc3ccncc3)cc2)nc1N1CCOCC1. The van der Waals surface area contributed by atoms with Crippen LogP contribution in [-0.2, 0) is 4.74 Å². The third-order valence-corrected chi connectivity index (χ3v) is 5.33. The van der Waals surface area contributed by atoms with Gasteiger partial charge in [0.25, 0.3) is 0 Å². The lowest BCUT2D eigenvalue weighted by atomic mass is 10.2. The van der Waals surface area contributed by atoms with Crippen molar-refractivity contribution < 1.29 is 9.53 Å². The van der Waals surface area contributed by atoms with Crippen LogP contribution in [0.4, 0.5) is 22.0 Å². The minimum atomic E-state index is -0.316. The Morgan fingerprint density at radius 2 is 1.70 bits per heavy atom. The summed E-state index contributed by atoms with van der Waals surface area (Å²) in [6.07, 6.45) is 7.14. The molecule has 4 rings (SSSR count). The number of urea groups is 1. The van der Waals surface area contributed by atoms with E-state index in [1.807, 2.05) is 36.7 Å². The minimum Gasteiger partial charge on any atom is -0.378 e. The minimum absolute atomic E-state index is 0.316. The molecule has 9 heteroatoms. The first-order chi connectivity index (χ1) is 14.7. The fraction of sp³-hybridized carbons (Fsp3) is 0.238. The molecular formula is C21H22N6O2S. The molecule has 0 aliphatic carbocycles. The second-order valence-corrected chi connectivity index (χ2v) is 7.43. The summed E-state index contributed by atoms with van der Waals surface area (Å²) >= 11 is 1.64. The van der Waals surface area contributed by atoms with Crippen molar-refractivity contribution in [1.82, 2.24) is 15.0 Å². The standard InChI is InChI=1S/C21H22N6O2S/c1-30-18-14-23-19(26-20(18)27-10-12-29-13-11-27)15-2-4-16(5-3-15)24-21(28)25-17-6-8-22-9-7-17/h2-9,14H,10-13H2,1H3,(H2,22,24,25,28). The maximum atomic E-state index is 12.1. The number of amides is 2. The maximum absolute atomic E-state index is 12.1. The first-order valence-electron chi connectivity index (χ1n) is 9.55. The zero-order valence-corrected chi connectivity index (χ0v) is 17.4. The van der Waals surface area contributed by atoms with Crippen LogP contribution in [0.3, 0.4) is 0 Å². The fourth-order valence-electron chi connectivity index (χ4n) is 3.08. The highest BCUT2D eigenvalue weighted by atomic mass is 32.2. The molecule has 1 aromatic carbocycles. The number of thioether (sulfide) groups is 1. The second-order valence-electron chi connectivity index (χ2n) is 6.58. The van der Waals surface area contributed by atoms with E-state index in [9.17, 15) is 4.79 Å². The van der Waals surface area contributed by atoms with E-state index in [1.54, 1.807) is 36.3 Å². The van der Waals surface area contributed by atoms with Gasteiger partial charge in [-0.3, -0.25) is 4.98 Å². The van der Waals surface area contributed by atoms with Crippen LogP contribution >= 0.6 is 11.8 Å². The van der Waals surface area contributed by atoms with Crippen LogP contribution in [0.15, 0.2) is 59.9 Å². The lowest BCUT2D eigenvalue weighted by Crippen LogP contribution is -2.37. The molecule has 2 amide bonds. The molecule has 0 saturated carbocycles. The Labute approximate surface area is 179 Å². The number of hydrogen-bond acceptors (Lipinski definition) is 7. The van der Waals surface area contributed by atoms with E-state index in [0.717, 1.165) is 29.4 Å². The molecule has 154 valence electrons. The Bertz CT molecular complexity index is 994. The number of ether oxygens (including phenoxy) is 1. The third-order valence-electron chi connectivity index (χ3n) is 4.61. The Morgan fingerprint density at radius 1 is 1.03 bits per heavy atom. The van der Waals surface area contributed by atoms with Crippen molar-refractivity contribution in [2.75, 3.05) is 48.1 Å². The van der Waals surface area contributed by atoms with Gasteiger partial charge in [-0.2, -0.15) is 0 Å². The zero-order chi connectivity index (χ0) is 20.8. The fourth-order valence-corrected chi connectivity index (χ4v) is 3.59. The highest BCUT2D eigenvalue weighted by Gasteiger charge is 2.18. The molecule has 2 aromatic heterocycles. The topological polar surface area (TPSA) is 92.3 Å². The normalized spacial score (nSPS) is 13.7. The van der Waals surface area contributed by atoms with E-state index in [4.69, 9.17) is 9.72 Å². The lowest BCUT2D eigenvalue weighted by Gasteiger charge is -2.29. The molecule has 0 spiro atoms. The molecule has 2 N–H and O–H groups in total. The summed E-state index contributed by atoms with van der Waals surface area (Å²) in [6, 6.07) is 10.6. The van der Waals surface area contributed by atoms with E-state index < -0.39 is 0 Å². The maximum Gasteiger partial charge on any atom is 0.323 e. The third kappa shape index (κ3) is 4.87. The van der Waals surface area contributed by atoms with Gasteiger partial charge in [0.15, 0.2) is 5.82 Å². The number of morpholine rings is 1. The summed E-state index contributed by atoms with van der Waals surface area (Å²) in [5.41, 5.74) is 2.24. The van der Waals surface area contributed by atoms with Gasteiger partial charge in [-0.1, -0.05) is 0 Å². The van der Waals surface area contributed by atoms with Crippen LogP contribution in [0.1, 0.15) is 0 Å². The average Bonchev–Trinajstić information content (AvgIpc) is 2.80. The molecule has 3 heterocycles. The number of hydrogen-bond donors (Lipinski definition) is 2. The van der Waals surface area contributed by atoms with Gasteiger partial charge in [-0.15, -0.1) is 11.8 Å². The van der Waals surface area contributed by atoms with Gasteiger partial charge in [0, 0.05) is 48.6 Å². The van der Waals surface area contributed by atoms with Gasteiger partial charge in [0.1, 0.15) is 5.82 Å². The molecule has 1 saturated heterocycles. The summed E-state index contributed by atoms with van der Waals surface area (Å²) in [6.45, 7) is 3.04. The second kappa shape index (κ2) is 9.55. The molecule has 0 unspecified atom stereocenters. The Morgan fingerprint density at radius 3 is 2.37 bits per heavy atom. The van der Waals surface area contributed by atoms with Crippen LogP contribution in [0, 0.1) is 0 Å². The molecule has 1 aliphatic heterocycles. The summed E-state index contributed by atoms with van der Waals surface area (Å²) in [7, 11) is 0. The van der Waals surface area contributed by atoms with Crippen LogP contribution in [-0.4, -0.2) is 53.5 Å². The number of rotatable bonds is 5. The summed E-state index contributed by atoms with van der Waals surface area (Å²) in [5.74, 6) is 1.59. The van der Waals surface area contributed by atoms with Crippen molar-refractivity contribution >= 4 is 35.0 Å². The molecule has 0 atom stereocenters. The highest BCUT2D eigenvalue weighted by Crippen LogP contribution is 2.29. The molecule has 30 heavy (non-hydrogen) atoms. The molecule has 0 bridgehead atoms. The van der Waals surface area contributed by atoms with Gasteiger partial charge >= 0.3 is 6.03 Å². The van der Waals surface area contributed by atoms with Crippen LogP contribution in [0.2, 0.25) is 0 Å². The number of nitrogens with one attached hydrogen (secondary N) is 2. The number of benzene rings is 1. The summed E-state index contributed by atoms with van der Waals surface area (Å²) < 4.78 is 5.46. The van der Waals surface area contributed by atoms with E-state index in [-0.39, 0.29) is 6.03 Å². The van der Waals surface area contributed by atoms with Crippen molar-refractivity contribution in [2.24, 2.45) is 0 Å². The van der Waals surface area contributed by atoms with Crippen molar-refractivity contribution in [3.05, 3.63) is 55.0 Å². The molecular weight excluding hydrogens is 400 g/mol. The Hall–Kier alpha value is -3.17. The van der Waals surface area contributed by atoms with Crippen molar-refractivity contribution in [3.63, 3.8) is 0 Å². The van der Waals surface area contributed by atoms with Gasteiger partial charge in [0.2, 0.25) is 0 Å². The predicted octanol–water partition coefficient (Wildman–Crippen LogP) is 3.74. The number of nitrogens with zero attached hydrogens (tertiary/aromatic N) is 4. The predicted molar refractivity (Wildman–Crippen MR) is 119 cm³/mol. The van der Waals surface area contributed by atoms with Crippen LogP contribution < -0.4 is 15.5 Å². The van der Waals surface area contributed by atoms with E-state index in [2.05, 4.69) is 25.5 Å².